The number of carbonyl (C=O) groups excluding carboxylic acids is 1. The topological polar surface area (TPSA) is 55.1 Å². The Morgan fingerprint density at radius 3 is 2.50 bits per heavy atom. The maximum absolute atomic E-state index is 12.1. The van der Waals surface area contributed by atoms with Gasteiger partial charge < -0.3 is 11.1 Å². The zero-order valence-electron chi connectivity index (χ0n) is 12.5. The molecule has 0 heterocycles. The molecular formula is C16H25ClN2O. The van der Waals surface area contributed by atoms with E-state index in [4.69, 9.17) is 17.3 Å². The summed E-state index contributed by atoms with van der Waals surface area (Å²) in [6.07, 6.45) is 1.45. The van der Waals surface area contributed by atoms with Gasteiger partial charge in [-0.3, -0.25) is 4.79 Å². The second kappa shape index (κ2) is 8.28. The van der Waals surface area contributed by atoms with Crippen molar-refractivity contribution in [2.45, 2.75) is 39.7 Å². The minimum Gasteiger partial charge on any atom is -0.350 e. The van der Waals surface area contributed by atoms with Crippen molar-refractivity contribution in [3.63, 3.8) is 0 Å². The average Bonchev–Trinajstić information content (AvgIpc) is 2.37. The predicted molar refractivity (Wildman–Crippen MR) is 84.6 cm³/mol. The first kappa shape index (κ1) is 17.0. The van der Waals surface area contributed by atoms with E-state index < -0.39 is 0 Å². The van der Waals surface area contributed by atoms with Gasteiger partial charge in [0, 0.05) is 11.4 Å². The number of benzene rings is 1. The van der Waals surface area contributed by atoms with Crippen LogP contribution in [0.25, 0.3) is 0 Å². The fourth-order valence-electron chi connectivity index (χ4n) is 2.40. The predicted octanol–water partition coefficient (Wildman–Crippen LogP) is 3.53. The van der Waals surface area contributed by atoms with Gasteiger partial charge in [0.15, 0.2) is 0 Å². The van der Waals surface area contributed by atoms with Crippen LogP contribution in [-0.4, -0.2) is 12.5 Å². The minimum atomic E-state index is -0.0892. The molecule has 0 saturated heterocycles. The van der Waals surface area contributed by atoms with Crippen molar-refractivity contribution in [2.24, 2.45) is 17.6 Å². The number of nitrogens with two attached hydrogens (primary N) is 1. The summed E-state index contributed by atoms with van der Waals surface area (Å²) < 4.78 is 0. The molecule has 0 spiro atoms. The van der Waals surface area contributed by atoms with Crippen LogP contribution in [0.5, 0.6) is 0 Å². The van der Waals surface area contributed by atoms with Gasteiger partial charge in [0.25, 0.3) is 0 Å². The number of hydrogen-bond acceptors (Lipinski definition) is 2. The summed E-state index contributed by atoms with van der Waals surface area (Å²) in [7, 11) is 0. The average molecular weight is 297 g/mol. The lowest BCUT2D eigenvalue weighted by atomic mass is 9.94. The maximum Gasteiger partial charge on any atom is 0.220 e. The van der Waals surface area contributed by atoms with Gasteiger partial charge in [-0.25, -0.2) is 0 Å². The highest BCUT2D eigenvalue weighted by Crippen LogP contribution is 2.22. The summed E-state index contributed by atoms with van der Waals surface area (Å²) in [5.74, 6) is 0.833. The van der Waals surface area contributed by atoms with Gasteiger partial charge >= 0.3 is 0 Å². The quantitative estimate of drug-likeness (QED) is 0.809. The highest BCUT2D eigenvalue weighted by atomic mass is 35.5. The molecule has 1 rings (SSSR count). The zero-order chi connectivity index (χ0) is 15.1. The van der Waals surface area contributed by atoms with Crippen LogP contribution in [0.2, 0.25) is 5.02 Å². The van der Waals surface area contributed by atoms with Gasteiger partial charge in [-0.15, -0.1) is 0 Å². The molecule has 3 N–H and O–H groups in total. The Kier molecular flexibility index (Phi) is 7.03. The second-order valence-corrected chi connectivity index (χ2v) is 6.15. The van der Waals surface area contributed by atoms with Crippen molar-refractivity contribution in [2.75, 3.05) is 6.54 Å². The van der Waals surface area contributed by atoms with Gasteiger partial charge in [0.2, 0.25) is 5.91 Å². The van der Waals surface area contributed by atoms with E-state index in [0.717, 1.165) is 12.0 Å². The molecule has 1 amide bonds. The normalized spacial score (nSPS) is 14.1. The Hall–Kier alpha value is -1.06. The highest BCUT2D eigenvalue weighted by Gasteiger charge is 2.17. The van der Waals surface area contributed by atoms with Crippen LogP contribution < -0.4 is 11.1 Å². The van der Waals surface area contributed by atoms with Crippen LogP contribution in [0.1, 0.15) is 45.2 Å². The molecule has 0 radical (unpaired) electrons. The molecule has 112 valence electrons. The molecule has 0 fully saturated rings. The van der Waals surface area contributed by atoms with Crippen molar-refractivity contribution in [3.05, 3.63) is 34.9 Å². The Morgan fingerprint density at radius 1 is 1.30 bits per heavy atom. The molecule has 0 aliphatic rings. The van der Waals surface area contributed by atoms with E-state index in [1.54, 1.807) is 0 Å². The molecule has 0 aromatic heterocycles. The van der Waals surface area contributed by atoms with Crippen molar-refractivity contribution in [3.8, 4) is 0 Å². The number of hydrogen-bond donors (Lipinski definition) is 2. The molecule has 1 aromatic carbocycles. The van der Waals surface area contributed by atoms with Crippen LogP contribution >= 0.6 is 11.6 Å². The van der Waals surface area contributed by atoms with E-state index in [1.165, 1.54) is 0 Å². The summed E-state index contributed by atoms with van der Waals surface area (Å²) in [5.41, 5.74) is 6.67. The first-order valence-electron chi connectivity index (χ1n) is 7.17. The van der Waals surface area contributed by atoms with Gasteiger partial charge in [0.1, 0.15) is 0 Å². The third-order valence-corrected chi connectivity index (χ3v) is 3.71. The zero-order valence-corrected chi connectivity index (χ0v) is 13.3. The Balaban J connectivity index is 2.55. The molecule has 0 saturated carbocycles. The summed E-state index contributed by atoms with van der Waals surface area (Å²) in [6, 6.07) is 7.48. The van der Waals surface area contributed by atoms with Gasteiger partial charge in [-0.2, -0.15) is 0 Å². The number of nitrogens with one attached hydrogen (secondary N) is 1. The highest BCUT2D eigenvalue weighted by molar-refractivity contribution is 6.31. The fraction of sp³-hybridized carbons (Fsp3) is 0.562. The first-order valence-corrected chi connectivity index (χ1v) is 7.55. The minimum absolute atomic E-state index is 0.0357. The SMILES string of the molecule is CC(C)CC(CN)CC(=O)N[C@H](C)c1ccccc1Cl. The second-order valence-electron chi connectivity index (χ2n) is 5.75. The molecule has 1 aromatic rings. The van der Waals surface area contributed by atoms with Crippen molar-refractivity contribution in [1.82, 2.24) is 5.32 Å². The molecule has 1 unspecified atom stereocenters. The van der Waals surface area contributed by atoms with Crippen LogP contribution in [0.15, 0.2) is 24.3 Å². The van der Waals surface area contributed by atoms with Crippen molar-refractivity contribution in [1.29, 1.82) is 0 Å². The van der Waals surface area contributed by atoms with E-state index in [9.17, 15) is 4.79 Å². The molecule has 20 heavy (non-hydrogen) atoms. The first-order chi connectivity index (χ1) is 9.43. The molecule has 4 heteroatoms. The van der Waals surface area contributed by atoms with Crippen molar-refractivity contribution >= 4 is 17.5 Å². The summed E-state index contributed by atoms with van der Waals surface area (Å²) >= 11 is 6.13. The molecule has 2 atom stereocenters. The smallest absolute Gasteiger partial charge is 0.220 e. The summed E-state index contributed by atoms with van der Waals surface area (Å²) in [6.45, 7) is 6.78. The molecular weight excluding hydrogens is 272 g/mol. The lowest BCUT2D eigenvalue weighted by Crippen LogP contribution is -2.30. The van der Waals surface area contributed by atoms with E-state index in [-0.39, 0.29) is 17.9 Å². The van der Waals surface area contributed by atoms with Crippen LogP contribution in [0.4, 0.5) is 0 Å². The number of amides is 1. The van der Waals surface area contributed by atoms with Gasteiger partial charge in [-0.1, -0.05) is 43.6 Å². The standard InChI is InChI=1S/C16H25ClN2O/c1-11(2)8-13(10-18)9-16(20)19-12(3)14-6-4-5-7-15(14)17/h4-7,11-13H,8-10,18H2,1-3H3,(H,19,20)/t12-,13?/m1/s1. The lowest BCUT2D eigenvalue weighted by molar-refractivity contribution is -0.122. The Bertz CT molecular complexity index is 434. The Labute approximate surface area is 126 Å². The monoisotopic (exact) mass is 296 g/mol. The number of carbonyl (C=O) groups is 1. The van der Waals surface area contributed by atoms with Crippen molar-refractivity contribution < 1.29 is 4.79 Å². The third-order valence-electron chi connectivity index (χ3n) is 3.36. The number of halogens is 1. The van der Waals surface area contributed by atoms with E-state index in [0.29, 0.717) is 23.9 Å². The lowest BCUT2D eigenvalue weighted by Gasteiger charge is -2.20. The van der Waals surface area contributed by atoms with E-state index in [2.05, 4.69) is 19.2 Å². The largest absolute Gasteiger partial charge is 0.350 e. The molecule has 0 bridgehead atoms. The third kappa shape index (κ3) is 5.51. The summed E-state index contributed by atoms with van der Waals surface area (Å²) in [4.78, 5) is 12.1. The maximum atomic E-state index is 12.1. The molecule has 0 aliphatic heterocycles. The van der Waals surface area contributed by atoms with E-state index in [1.807, 2.05) is 31.2 Å². The van der Waals surface area contributed by atoms with Gasteiger partial charge in [0.05, 0.1) is 6.04 Å². The van der Waals surface area contributed by atoms with E-state index >= 15 is 0 Å². The summed E-state index contributed by atoms with van der Waals surface area (Å²) in [5, 5.41) is 3.67. The van der Waals surface area contributed by atoms with Gasteiger partial charge in [-0.05, 0) is 43.4 Å². The molecule has 3 nitrogen and oxygen atoms in total. The van der Waals surface area contributed by atoms with Crippen LogP contribution in [0.3, 0.4) is 0 Å². The fourth-order valence-corrected chi connectivity index (χ4v) is 2.70. The Morgan fingerprint density at radius 2 is 1.95 bits per heavy atom. The number of rotatable bonds is 7. The molecule has 0 aliphatic carbocycles. The van der Waals surface area contributed by atoms with Crippen LogP contribution in [-0.2, 0) is 4.79 Å². The van der Waals surface area contributed by atoms with Crippen LogP contribution in [0, 0.1) is 11.8 Å².